The summed E-state index contributed by atoms with van der Waals surface area (Å²) in [5.41, 5.74) is 1.14. The maximum atomic E-state index is 13.4. The van der Waals surface area contributed by atoms with Crippen LogP contribution in [0.15, 0.2) is 46.0 Å². The zero-order chi connectivity index (χ0) is 18.1. The molecule has 5 nitrogen and oxygen atoms in total. The first-order valence-electron chi connectivity index (χ1n) is 7.58. The molecule has 130 valence electrons. The van der Waals surface area contributed by atoms with E-state index in [1.165, 1.54) is 23.5 Å². The highest BCUT2D eigenvalue weighted by Gasteiger charge is 2.34. The number of aromatic nitrogens is 1. The number of carbonyl (C=O) groups is 1. The molecule has 1 N–H and O–H groups in total. The summed E-state index contributed by atoms with van der Waals surface area (Å²) in [6.45, 7) is 4.20. The van der Waals surface area contributed by atoms with E-state index in [0.717, 1.165) is 6.07 Å². The van der Waals surface area contributed by atoms with Crippen LogP contribution in [0.1, 0.15) is 30.5 Å². The minimum absolute atomic E-state index is 0.121. The predicted molar refractivity (Wildman–Crippen MR) is 95.5 cm³/mol. The van der Waals surface area contributed by atoms with Crippen LogP contribution in [0.3, 0.4) is 0 Å². The molecule has 1 aliphatic heterocycles. The van der Waals surface area contributed by atoms with Crippen LogP contribution in [0.2, 0.25) is 5.02 Å². The summed E-state index contributed by atoms with van der Waals surface area (Å²) in [5, 5.41) is 12.4. The summed E-state index contributed by atoms with van der Waals surface area (Å²) in [6, 6.07) is 3.06. The predicted octanol–water partition coefficient (Wildman–Crippen LogP) is 4.12. The van der Waals surface area contributed by atoms with Crippen molar-refractivity contribution in [3.8, 4) is 0 Å². The zero-order valence-electron chi connectivity index (χ0n) is 13.5. The van der Waals surface area contributed by atoms with Crippen LogP contribution in [0.4, 0.5) is 4.39 Å². The summed E-state index contributed by atoms with van der Waals surface area (Å²) in [6.07, 6.45) is 1.67. The van der Waals surface area contributed by atoms with Gasteiger partial charge in [0.2, 0.25) is 0 Å². The molecular formula is C17H15ClFN3O2S. The first kappa shape index (κ1) is 17.6. The Hall–Kier alpha value is -2.25. The normalized spacial score (nSPS) is 17.7. The molecule has 1 aromatic heterocycles. The van der Waals surface area contributed by atoms with E-state index in [-0.39, 0.29) is 10.6 Å². The smallest absolute Gasteiger partial charge is 0.335 e. The van der Waals surface area contributed by atoms with Crippen molar-refractivity contribution < 1.29 is 14.3 Å². The molecule has 8 heteroatoms. The van der Waals surface area contributed by atoms with Crippen LogP contribution in [0, 0.1) is 5.82 Å². The number of aliphatic carboxylic acids is 1. The Labute approximate surface area is 153 Å². The van der Waals surface area contributed by atoms with Crippen molar-refractivity contribution in [2.75, 3.05) is 6.54 Å². The van der Waals surface area contributed by atoms with E-state index in [4.69, 9.17) is 11.6 Å². The maximum absolute atomic E-state index is 13.4. The van der Waals surface area contributed by atoms with Gasteiger partial charge >= 0.3 is 5.97 Å². The topological polar surface area (TPSA) is 65.8 Å². The Balaban J connectivity index is 2.21. The number of thiazole rings is 1. The summed E-state index contributed by atoms with van der Waals surface area (Å²) in [7, 11) is 0. The number of hydrogen-bond acceptors (Lipinski definition) is 5. The van der Waals surface area contributed by atoms with Gasteiger partial charge in [0, 0.05) is 34.4 Å². The minimum atomic E-state index is -1.08. The van der Waals surface area contributed by atoms with Crippen LogP contribution >= 0.6 is 22.9 Å². The number of hydrogen-bond donors (Lipinski definition) is 1. The third kappa shape index (κ3) is 3.17. The van der Waals surface area contributed by atoms with Gasteiger partial charge in [-0.2, -0.15) is 0 Å². The molecule has 1 aromatic carbocycles. The summed E-state index contributed by atoms with van der Waals surface area (Å²) in [4.78, 5) is 22.6. The Bertz CT molecular complexity index is 880. The van der Waals surface area contributed by atoms with Gasteiger partial charge in [-0.3, -0.25) is 4.99 Å². The highest BCUT2D eigenvalue weighted by atomic mass is 35.5. The first-order chi connectivity index (χ1) is 11.9. The molecule has 2 aromatic rings. The molecule has 0 amide bonds. The molecule has 0 radical (unpaired) electrons. The van der Waals surface area contributed by atoms with Crippen molar-refractivity contribution in [1.29, 1.82) is 0 Å². The number of aliphatic imine (C=N–C) groups is 1. The molecule has 0 saturated heterocycles. The Morgan fingerprint density at radius 1 is 1.48 bits per heavy atom. The van der Waals surface area contributed by atoms with Crippen LogP contribution in [0.5, 0.6) is 0 Å². The van der Waals surface area contributed by atoms with E-state index in [1.54, 1.807) is 13.1 Å². The third-order valence-electron chi connectivity index (χ3n) is 4.00. The Morgan fingerprint density at radius 3 is 2.80 bits per heavy atom. The van der Waals surface area contributed by atoms with E-state index < -0.39 is 17.8 Å². The van der Waals surface area contributed by atoms with E-state index in [0.29, 0.717) is 28.6 Å². The lowest BCUT2D eigenvalue weighted by molar-refractivity contribution is -0.133. The van der Waals surface area contributed by atoms with E-state index in [2.05, 4.69) is 9.98 Å². The quantitative estimate of drug-likeness (QED) is 0.867. The second-order valence-electron chi connectivity index (χ2n) is 5.41. The summed E-state index contributed by atoms with van der Waals surface area (Å²) >= 11 is 7.59. The minimum Gasteiger partial charge on any atom is -0.478 e. The fourth-order valence-corrected chi connectivity index (χ4v) is 3.78. The average Bonchev–Trinajstić information content (AvgIpc) is 3.08. The molecule has 1 unspecified atom stereocenters. The zero-order valence-corrected chi connectivity index (χ0v) is 15.1. The lowest BCUT2D eigenvalue weighted by atomic mass is 9.95. The van der Waals surface area contributed by atoms with Crippen molar-refractivity contribution >= 4 is 34.7 Å². The number of carboxylic acids is 1. The van der Waals surface area contributed by atoms with E-state index in [9.17, 15) is 14.3 Å². The highest BCUT2D eigenvalue weighted by Crippen LogP contribution is 2.38. The third-order valence-corrected chi connectivity index (χ3v) is 5.10. The van der Waals surface area contributed by atoms with Crippen LogP contribution < -0.4 is 0 Å². The van der Waals surface area contributed by atoms with Crippen LogP contribution in [-0.2, 0) is 4.79 Å². The lowest BCUT2D eigenvalue weighted by Gasteiger charge is -2.33. The molecule has 25 heavy (non-hydrogen) atoms. The van der Waals surface area contributed by atoms with Gasteiger partial charge in [0.15, 0.2) is 10.8 Å². The average molecular weight is 380 g/mol. The van der Waals surface area contributed by atoms with Crippen molar-refractivity contribution in [3.05, 3.63) is 62.5 Å². The molecule has 0 saturated carbocycles. The van der Waals surface area contributed by atoms with Gasteiger partial charge in [0.05, 0.1) is 5.57 Å². The van der Waals surface area contributed by atoms with Gasteiger partial charge < -0.3 is 10.0 Å². The highest BCUT2D eigenvalue weighted by molar-refractivity contribution is 7.11. The van der Waals surface area contributed by atoms with Gasteiger partial charge in [-0.25, -0.2) is 14.2 Å². The largest absolute Gasteiger partial charge is 0.478 e. The number of benzene rings is 1. The monoisotopic (exact) mass is 379 g/mol. The molecule has 0 spiro atoms. The van der Waals surface area contributed by atoms with Crippen molar-refractivity contribution in [1.82, 2.24) is 9.88 Å². The summed E-state index contributed by atoms with van der Waals surface area (Å²) in [5.74, 6) is -0.977. The number of carboxylic acid groups (broad SMARTS) is 1. The Kier molecular flexibility index (Phi) is 4.87. The fourth-order valence-electron chi connectivity index (χ4n) is 2.87. The van der Waals surface area contributed by atoms with E-state index in [1.807, 2.05) is 17.2 Å². The SMILES string of the molecule is CCN1C(c2nccs2)=NC(c2ccc(F)cc2Cl)C(C(=O)O)=C1C. The van der Waals surface area contributed by atoms with Crippen molar-refractivity contribution in [3.63, 3.8) is 0 Å². The fraction of sp³-hybridized carbons (Fsp3) is 0.235. The standard InChI is InChI=1S/C17H15ClFN3O2S/c1-3-22-9(2)13(17(23)24)14(11-5-4-10(19)8-12(11)18)21-15(22)16-20-6-7-25-16/h4-8,14H,3H2,1-2H3,(H,23,24). The Morgan fingerprint density at radius 2 is 2.24 bits per heavy atom. The van der Waals surface area contributed by atoms with Gasteiger partial charge in [-0.1, -0.05) is 17.7 Å². The van der Waals surface area contributed by atoms with Crippen LogP contribution in [0.25, 0.3) is 0 Å². The maximum Gasteiger partial charge on any atom is 0.335 e. The van der Waals surface area contributed by atoms with Gasteiger partial charge in [-0.15, -0.1) is 11.3 Å². The van der Waals surface area contributed by atoms with Gasteiger partial charge in [-0.05, 0) is 26.0 Å². The molecule has 0 fully saturated rings. The second kappa shape index (κ2) is 6.93. The molecule has 1 atom stereocenters. The van der Waals surface area contributed by atoms with Gasteiger partial charge in [0.1, 0.15) is 11.9 Å². The number of allylic oxidation sites excluding steroid dienone is 1. The second-order valence-corrected chi connectivity index (χ2v) is 6.71. The molecular weight excluding hydrogens is 365 g/mol. The van der Waals surface area contributed by atoms with E-state index >= 15 is 0 Å². The number of rotatable bonds is 4. The molecule has 0 bridgehead atoms. The lowest BCUT2D eigenvalue weighted by Crippen LogP contribution is -2.36. The van der Waals surface area contributed by atoms with Crippen LogP contribution in [-0.4, -0.2) is 33.3 Å². The number of amidine groups is 1. The summed E-state index contributed by atoms with van der Waals surface area (Å²) < 4.78 is 13.4. The molecule has 0 aliphatic carbocycles. The molecule has 2 heterocycles. The van der Waals surface area contributed by atoms with Gasteiger partial charge in [0.25, 0.3) is 0 Å². The molecule has 1 aliphatic rings. The number of nitrogens with zero attached hydrogens (tertiary/aromatic N) is 3. The first-order valence-corrected chi connectivity index (χ1v) is 8.84. The van der Waals surface area contributed by atoms with Crippen molar-refractivity contribution in [2.45, 2.75) is 19.9 Å². The number of halogens is 2. The molecule has 3 rings (SSSR count). The van der Waals surface area contributed by atoms with Crippen molar-refractivity contribution in [2.24, 2.45) is 4.99 Å².